The largest absolute Gasteiger partial charge is 0.374 e. The van der Waals surface area contributed by atoms with Crippen molar-refractivity contribution in [2.45, 2.75) is 12.5 Å². The van der Waals surface area contributed by atoms with E-state index in [0.717, 1.165) is 0 Å². The highest BCUT2D eigenvalue weighted by molar-refractivity contribution is 5.37. The van der Waals surface area contributed by atoms with Crippen LogP contribution in [0.5, 0.6) is 0 Å². The first-order valence-electron chi connectivity index (χ1n) is 3.92. The van der Waals surface area contributed by atoms with Crippen LogP contribution in [-0.4, -0.2) is 10.0 Å². The molecule has 0 fully saturated rings. The molecule has 0 spiro atoms. The minimum absolute atomic E-state index is 0.0263. The minimum atomic E-state index is -1.38. The van der Waals surface area contributed by atoms with Crippen molar-refractivity contribution in [2.75, 3.05) is 0 Å². The molecule has 4 heteroatoms. The Morgan fingerprint density at radius 1 is 1.50 bits per heavy atom. The fourth-order valence-electron chi connectivity index (χ4n) is 0.991. The van der Waals surface area contributed by atoms with E-state index in [1.165, 1.54) is 31.2 Å². The van der Waals surface area contributed by atoms with E-state index < -0.39 is 10.5 Å². The third kappa shape index (κ3) is 1.90. The van der Waals surface area contributed by atoms with E-state index in [-0.39, 0.29) is 5.69 Å². The number of hydrogen-bond donors (Lipinski definition) is 1. The summed E-state index contributed by atoms with van der Waals surface area (Å²) in [7, 11) is 0. The van der Waals surface area contributed by atoms with Crippen LogP contribution in [0.25, 0.3) is 0 Å². The first kappa shape index (κ1) is 10.2. The molecule has 14 heavy (non-hydrogen) atoms. The maximum atomic E-state index is 10.3. The van der Waals surface area contributed by atoms with Crippen LogP contribution in [0.2, 0.25) is 0 Å². The fourth-order valence-corrected chi connectivity index (χ4v) is 0.991. The molecule has 72 valence electrons. The van der Waals surface area contributed by atoms with Crippen LogP contribution in [0.1, 0.15) is 12.5 Å². The standard InChI is InChI=1S/C10H9NO3/c1-3-10(2,12)8-4-6-9(7-5-8)11(13)14/h1,4-7,12H,2H3/t10-/m0/s1. The summed E-state index contributed by atoms with van der Waals surface area (Å²) in [5, 5.41) is 20.0. The van der Waals surface area contributed by atoms with Crippen molar-refractivity contribution in [2.24, 2.45) is 0 Å². The van der Waals surface area contributed by atoms with Crippen LogP contribution in [0.15, 0.2) is 24.3 Å². The van der Waals surface area contributed by atoms with Gasteiger partial charge in [0.2, 0.25) is 0 Å². The number of nitro groups is 1. The zero-order valence-corrected chi connectivity index (χ0v) is 7.60. The Labute approximate surface area is 81.3 Å². The number of benzene rings is 1. The monoisotopic (exact) mass is 191 g/mol. The summed E-state index contributed by atoms with van der Waals surface area (Å²) in [6.45, 7) is 1.45. The smallest absolute Gasteiger partial charge is 0.269 e. The molecule has 0 heterocycles. The highest BCUT2D eigenvalue weighted by atomic mass is 16.6. The van der Waals surface area contributed by atoms with Gasteiger partial charge in [0, 0.05) is 12.1 Å². The van der Waals surface area contributed by atoms with Crippen molar-refractivity contribution in [1.29, 1.82) is 0 Å². The Balaban J connectivity index is 3.07. The Kier molecular flexibility index (Phi) is 2.54. The average molecular weight is 191 g/mol. The first-order chi connectivity index (χ1) is 6.47. The highest BCUT2D eigenvalue weighted by Gasteiger charge is 2.20. The molecular formula is C10H9NO3. The van der Waals surface area contributed by atoms with Gasteiger partial charge in [-0.05, 0) is 24.6 Å². The molecule has 0 aliphatic heterocycles. The second kappa shape index (κ2) is 3.48. The molecule has 1 aromatic carbocycles. The maximum absolute atomic E-state index is 10.3. The van der Waals surface area contributed by atoms with E-state index in [9.17, 15) is 15.2 Å². The van der Waals surface area contributed by atoms with Crippen LogP contribution in [0, 0.1) is 22.5 Å². The highest BCUT2D eigenvalue weighted by Crippen LogP contribution is 2.21. The van der Waals surface area contributed by atoms with Gasteiger partial charge < -0.3 is 5.11 Å². The zero-order chi connectivity index (χ0) is 10.8. The average Bonchev–Trinajstić information content (AvgIpc) is 2.18. The summed E-state index contributed by atoms with van der Waals surface area (Å²) < 4.78 is 0. The Hall–Kier alpha value is -1.86. The number of non-ortho nitro benzene ring substituents is 1. The van der Waals surface area contributed by atoms with Crippen LogP contribution >= 0.6 is 0 Å². The van der Waals surface area contributed by atoms with E-state index in [4.69, 9.17) is 6.42 Å². The van der Waals surface area contributed by atoms with Crippen LogP contribution in [0.3, 0.4) is 0 Å². The minimum Gasteiger partial charge on any atom is -0.374 e. The second-order valence-corrected chi connectivity index (χ2v) is 3.02. The van der Waals surface area contributed by atoms with Gasteiger partial charge in [-0.2, -0.15) is 0 Å². The molecule has 1 N–H and O–H groups in total. The summed E-state index contributed by atoms with van der Waals surface area (Å²) in [6, 6.07) is 5.50. The summed E-state index contributed by atoms with van der Waals surface area (Å²) in [5.41, 5.74) is -0.943. The van der Waals surface area contributed by atoms with Crippen LogP contribution < -0.4 is 0 Å². The van der Waals surface area contributed by atoms with Gasteiger partial charge in [0.15, 0.2) is 0 Å². The molecule has 0 radical (unpaired) electrons. The Morgan fingerprint density at radius 2 is 2.00 bits per heavy atom. The molecule has 0 unspecified atom stereocenters. The maximum Gasteiger partial charge on any atom is 0.269 e. The number of nitro benzene ring substituents is 1. The molecule has 0 saturated carbocycles. The topological polar surface area (TPSA) is 63.4 Å². The van der Waals surface area contributed by atoms with Gasteiger partial charge in [0.25, 0.3) is 5.69 Å². The molecule has 0 bridgehead atoms. The molecule has 0 aliphatic carbocycles. The SMILES string of the molecule is C#C[C@](C)(O)c1ccc([N+](=O)[O-])cc1. The van der Waals surface area contributed by atoms with Crippen molar-refractivity contribution in [3.05, 3.63) is 39.9 Å². The number of terminal acetylenes is 1. The van der Waals surface area contributed by atoms with Crippen molar-refractivity contribution < 1.29 is 10.0 Å². The lowest BCUT2D eigenvalue weighted by atomic mass is 9.97. The van der Waals surface area contributed by atoms with Crippen LogP contribution in [-0.2, 0) is 5.60 Å². The van der Waals surface area contributed by atoms with E-state index >= 15 is 0 Å². The summed E-state index contributed by atoms with van der Waals surface area (Å²) in [5.74, 6) is 2.19. The molecule has 4 nitrogen and oxygen atoms in total. The number of nitrogens with zero attached hydrogens (tertiary/aromatic N) is 1. The molecule has 0 saturated heterocycles. The van der Waals surface area contributed by atoms with E-state index in [1.807, 2.05) is 0 Å². The first-order valence-corrected chi connectivity index (χ1v) is 3.92. The third-order valence-electron chi connectivity index (χ3n) is 1.92. The summed E-state index contributed by atoms with van der Waals surface area (Å²) in [4.78, 5) is 9.83. The summed E-state index contributed by atoms with van der Waals surface area (Å²) >= 11 is 0. The Bertz CT molecular complexity index is 387. The van der Waals surface area contributed by atoms with Gasteiger partial charge in [0.05, 0.1) is 4.92 Å². The van der Waals surface area contributed by atoms with Crippen molar-refractivity contribution >= 4 is 5.69 Å². The lowest BCUT2D eigenvalue weighted by molar-refractivity contribution is -0.384. The number of rotatable bonds is 2. The molecular weight excluding hydrogens is 182 g/mol. The molecule has 0 aromatic heterocycles. The van der Waals surface area contributed by atoms with Gasteiger partial charge in [-0.15, -0.1) is 6.42 Å². The van der Waals surface area contributed by atoms with Gasteiger partial charge in [-0.1, -0.05) is 5.92 Å². The molecule has 1 aromatic rings. The lowest BCUT2D eigenvalue weighted by Gasteiger charge is -2.15. The molecule has 0 aliphatic rings. The second-order valence-electron chi connectivity index (χ2n) is 3.02. The number of hydrogen-bond acceptors (Lipinski definition) is 3. The Morgan fingerprint density at radius 3 is 2.36 bits per heavy atom. The fraction of sp³-hybridized carbons (Fsp3) is 0.200. The van der Waals surface area contributed by atoms with E-state index in [2.05, 4.69) is 5.92 Å². The normalized spacial score (nSPS) is 14.1. The third-order valence-corrected chi connectivity index (χ3v) is 1.92. The molecule has 1 rings (SSSR count). The van der Waals surface area contributed by atoms with Gasteiger partial charge >= 0.3 is 0 Å². The van der Waals surface area contributed by atoms with Crippen LogP contribution in [0.4, 0.5) is 5.69 Å². The van der Waals surface area contributed by atoms with Crippen molar-refractivity contribution in [3.63, 3.8) is 0 Å². The summed E-state index contributed by atoms with van der Waals surface area (Å²) in [6.07, 6.45) is 5.10. The van der Waals surface area contributed by atoms with Crippen molar-refractivity contribution in [1.82, 2.24) is 0 Å². The number of aliphatic hydroxyl groups is 1. The van der Waals surface area contributed by atoms with Crippen molar-refractivity contribution in [3.8, 4) is 12.3 Å². The van der Waals surface area contributed by atoms with E-state index in [1.54, 1.807) is 0 Å². The molecule has 0 amide bonds. The van der Waals surface area contributed by atoms with Gasteiger partial charge in [0.1, 0.15) is 5.60 Å². The van der Waals surface area contributed by atoms with E-state index in [0.29, 0.717) is 5.56 Å². The lowest BCUT2D eigenvalue weighted by Crippen LogP contribution is -2.17. The molecule has 1 atom stereocenters. The van der Waals surface area contributed by atoms with Gasteiger partial charge in [-0.3, -0.25) is 10.1 Å². The predicted octanol–water partition coefficient (Wildman–Crippen LogP) is 1.44. The van der Waals surface area contributed by atoms with Gasteiger partial charge in [-0.25, -0.2) is 0 Å². The predicted molar refractivity (Wildman–Crippen MR) is 51.5 cm³/mol. The quantitative estimate of drug-likeness (QED) is 0.437. The zero-order valence-electron chi connectivity index (χ0n) is 7.60.